The lowest BCUT2D eigenvalue weighted by Crippen LogP contribution is -2.38. The van der Waals surface area contributed by atoms with Gasteiger partial charge in [-0.05, 0) is 49.8 Å². The molecule has 2 aliphatic rings. The molecule has 1 fully saturated rings. The highest BCUT2D eigenvalue weighted by Crippen LogP contribution is 2.40. The summed E-state index contributed by atoms with van der Waals surface area (Å²) >= 11 is 0. The van der Waals surface area contributed by atoms with Crippen LogP contribution in [0.1, 0.15) is 50.0 Å². The van der Waals surface area contributed by atoms with Crippen molar-refractivity contribution in [2.24, 2.45) is 11.8 Å². The van der Waals surface area contributed by atoms with Crippen LogP contribution in [0, 0.1) is 11.8 Å². The van der Waals surface area contributed by atoms with Crippen molar-refractivity contribution in [3.63, 3.8) is 0 Å². The number of Topliss-reactive ketones (excluding diaryl/α,β-unsaturated/α-hetero) is 1. The number of nitrogens with zero attached hydrogens (tertiary/aromatic N) is 1. The van der Waals surface area contributed by atoms with E-state index in [9.17, 15) is 9.90 Å². The fraction of sp³-hybridized carbons (Fsp3) is 0.526. The lowest BCUT2D eigenvalue weighted by molar-refractivity contribution is 0.101. The topological polar surface area (TPSA) is 49.8 Å². The van der Waals surface area contributed by atoms with Gasteiger partial charge >= 0.3 is 0 Å². The van der Waals surface area contributed by atoms with Crippen molar-refractivity contribution < 1.29 is 14.6 Å². The first-order valence-corrected chi connectivity index (χ1v) is 8.34. The van der Waals surface area contributed by atoms with Gasteiger partial charge in [0.15, 0.2) is 5.76 Å². The van der Waals surface area contributed by atoms with Crippen LogP contribution in [0.15, 0.2) is 23.5 Å². The fourth-order valence-corrected chi connectivity index (χ4v) is 3.81. The second-order valence-corrected chi connectivity index (χ2v) is 7.34. The zero-order valence-electron chi connectivity index (χ0n) is 14.3. The van der Waals surface area contributed by atoms with Crippen LogP contribution in [0.3, 0.4) is 0 Å². The average molecular weight is 315 g/mol. The number of likely N-dealkylation sites (tertiary alicyclic amines) is 1. The summed E-state index contributed by atoms with van der Waals surface area (Å²) in [5, 5.41) is 10.3. The van der Waals surface area contributed by atoms with Gasteiger partial charge in [-0.3, -0.25) is 9.69 Å². The van der Waals surface area contributed by atoms with E-state index >= 15 is 0 Å². The van der Waals surface area contributed by atoms with E-state index in [2.05, 4.69) is 18.7 Å². The van der Waals surface area contributed by atoms with Crippen LogP contribution in [0.2, 0.25) is 0 Å². The number of benzene rings is 1. The summed E-state index contributed by atoms with van der Waals surface area (Å²) in [4.78, 5) is 14.8. The number of phenols is 1. The summed E-state index contributed by atoms with van der Waals surface area (Å²) in [5.41, 5.74) is 2.15. The smallest absolute Gasteiger partial charge is 0.231 e. The van der Waals surface area contributed by atoms with E-state index in [4.69, 9.17) is 4.74 Å². The number of hydrogen-bond donors (Lipinski definition) is 1. The van der Waals surface area contributed by atoms with Crippen LogP contribution < -0.4 is 4.74 Å². The molecule has 1 saturated heterocycles. The van der Waals surface area contributed by atoms with Gasteiger partial charge in [0.2, 0.25) is 5.78 Å². The third-order valence-electron chi connectivity index (χ3n) is 4.67. The highest BCUT2D eigenvalue weighted by molar-refractivity contribution is 6.13. The number of phenolic OH excluding ortho intramolecular Hbond substituents is 1. The summed E-state index contributed by atoms with van der Waals surface area (Å²) in [6, 6.07) is 3.27. The van der Waals surface area contributed by atoms with E-state index in [0.717, 1.165) is 24.2 Å². The van der Waals surface area contributed by atoms with Gasteiger partial charge in [0.25, 0.3) is 0 Å². The van der Waals surface area contributed by atoms with Gasteiger partial charge in [-0.1, -0.05) is 13.8 Å². The number of ether oxygens (including phenoxy) is 1. The number of fused-ring (bicyclic) bond motifs is 1. The quantitative estimate of drug-likeness (QED) is 0.845. The molecule has 3 rings (SSSR count). The molecule has 0 amide bonds. The number of piperidine rings is 1. The lowest BCUT2D eigenvalue weighted by atomic mass is 9.91. The first-order chi connectivity index (χ1) is 10.9. The first kappa shape index (κ1) is 16.1. The van der Waals surface area contributed by atoms with Crippen LogP contribution in [0.5, 0.6) is 11.5 Å². The Morgan fingerprint density at radius 3 is 2.52 bits per heavy atom. The Labute approximate surface area is 137 Å². The van der Waals surface area contributed by atoms with Gasteiger partial charge in [0.05, 0.1) is 11.1 Å². The third kappa shape index (κ3) is 3.00. The summed E-state index contributed by atoms with van der Waals surface area (Å²) in [6.07, 6.45) is 1.24. The molecule has 0 aromatic heterocycles. The van der Waals surface area contributed by atoms with Gasteiger partial charge < -0.3 is 9.84 Å². The van der Waals surface area contributed by atoms with E-state index in [1.54, 1.807) is 12.1 Å². The van der Waals surface area contributed by atoms with E-state index in [1.165, 1.54) is 6.42 Å². The van der Waals surface area contributed by atoms with Crippen molar-refractivity contribution in [2.75, 3.05) is 13.1 Å². The lowest BCUT2D eigenvalue weighted by Gasteiger charge is -2.35. The Balaban J connectivity index is 1.93. The number of rotatable bonds is 2. The number of aromatic hydroxyl groups is 1. The van der Waals surface area contributed by atoms with Gasteiger partial charge in [-0.25, -0.2) is 0 Å². The Morgan fingerprint density at radius 1 is 1.26 bits per heavy atom. The Bertz CT molecular complexity index is 663. The molecule has 0 bridgehead atoms. The number of hydrogen-bond acceptors (Lipinski definition) is 4. The van der Waals surface area contributed by atoms with E-state index in [-0.39, 0.29) is 11.5 Å². The molecule has 2 atom stereocenters. The molecule has 23 heavy (non-hydrogen) atoms. The number of carbonyl (C=O) groups is 1. The van der Waals surface area contributed by atoms with Crippen LogP contribution >= 0.6 is 0 Å². The zero-order valence-corrected chi connectivity index (χ0v) is 14.3. The molecular formula is C19H25NO3. The minimum absolute atomic E-state index is 0.0818. The Kier molecular flexibility index (Phi) is 4.19. The standard InChI is InChI=1S/C19H25NO3/c1-11(2)18-17(22)14-5-6-16(21)15(19(14)23-18)10-20-8-12(3)7-13(4)9-20/h5-6,12-13,21H,7-10H2,1-4H3. The van der Waals surface area contributed by atoms with Crippen LogP contribution in [0.25, 0.3) is 0 Å². The van der Waals surface area contributed by atoms with Crippen molar-refractivity contribution in [2.45, 2.75) is 40.7 Å². The number of ketones is 1. The number of allylic oxidation sites excluding steroid dienone is 2. The normalized spacial score (nSPS) is 24.5. The second kappa shape index (κ2) is 6.00. The Morgan fingerprint density at radius 2 is 1.91 bits per heavy atom. The minimum atomic E-state index is -0.0818. The largest absolute Gasteiger partial charge is 0.507 e. The molecule has 2 aliphatic heterocycles. The van der Waals surface area contributed by atoms with Crippen LogP contribution in [0.4, 0.5) is 0 Å². The van der Waals surface area contributed by atoms with Gasteiger partial charge in [0, 0.05) is 19.6 Å². The van der Waals surface area contributed by atoms with Crippen molar-refractivity contribution in [1.29, 1.82) is 0 Å². The number of carbonyl (C=O) groups excluding carboxylic acids is 1. The molecule has 4 heteroatoms. The van der Waals surface area contributed by atoms with Crippen LogP contribution in [-0.2, 0) is 6.54 Å². The highest BCUT2D eigenvalue weighted by atomic mass is 16.5. The molecule has 1 aromatic carbocycles. The molecule has 1 aromatic rings. The zero-order chi connectivity index (χ0) is 16.7. The maximum atomic E-state index is 12.4. The molecule has 0 aliphatic carbocycles. The molecular weight excluding hydrogens is 290 g/mol. The monoisotopic (exact) mass is 315 g/mol. The van der Waals surface area contributed by atoms with Crippen LogP contribution in [-0.4, -0.2) is 28.9 Å². The third-order valence-corrected chi connectivity index (χ3v) is 4.67. The SMILES string of the molecule is CC(C)=C1Oc2c(ccc(O)c2CN2CC(C)CC(C)C2)C1=O. The van der Waals surface area contributed by atoms with Gasteiger partial charge in [-0.2, -0.15) is 0 Å². The molecule has 2 heterocycles. The molecule has 0 radical (unpaired) electrons. The molecule has 1 N–H and O–H groups in total. The molecule has 0 saturated carbocycles. The van der Waals surface area contributed by atoms with Crippen molar-refractivity contribution in [3.05, 3.63) is 34.6 Å². The van der Waals surface area contributed by atoms with Gasteiger partial charge in [0.1, 0.15) is 11.5 Å². The second-order valence-electron chi connectivity index (χ2n) is 7.34. The fourth-order valence-electron chi connectivity index (χ4n) is 3.81. The molecule has 124 valence electrons. The molecule has 2 unspecified atom stereocenters. The summed E-state index contributed by atoms with van der Waals surface area (Å²) in [7, 11) is 0. The van der Waals surface area contributed by atoms with E-state index < -0.39 is 0 Å². The average Bonchev–Trinajstić information content (AvgIpc) is 2.79. The predicted octanol–water partition coefficient (Wildman–Crippen LogP) is 3.74. The molecule has 0 spiro atoms. The highest BCUT2D eigenvalue weighted by Gasteiger charge is 2.33. The Hall–Kier alpha value is -1.81. The maximum absolute atomic E-state index is 12.4. The van der Waals surface area contributed by atoms with E-state index in [1.807, 2.05) is 13.8 Å². The molecule has 4 nitrogen and oxygen atoms in total. The van der Waals surface area contributed by atoms with Crippen molar-refractivity contribution in [3.8, 4) is 11.5 Å². The van der Waals surface area contributed by atoms with Gasteiger partial charge in [-0.15, -0.1) is 0 Å². The van der Waals surface area contributed by atoms with E-state index in [0.29, 0.717) is 35.5 Å². The maximum Gasteiger partial charge on any atom is 0.231 e. The predicted molar refractivity (Wildman–Crippen MR) is 89.7 cm³/mol. The summed E-state index contributed by atoms with van der Waals surface area (Å²) in [6.45, 7) is 10.9. The summed E-state index contributed by atoms with van der Waals surface area (Å²) in [5.74, 6) is 2.35. The van der Waals surface area contributed by atoms with Crippen molar-refractivity contribution >= 4 is 5.78 Å². The summed E-state index contributed by atoms with van der Waals surface area (Å²) < 4.78 is 5.83. The first-order valence-electron chi connectivity index (χ1n) is 8.34. The minimum Gasteiger partial charge on any atom is -0.507 e. The van der Waals surface area contributed by atoms with Crippen molar-refractivity contribution in [1.82, 2.24) is 4.90 Å².